The van der Waals surface area contributed by atoms with Gasteiger partial charge in [0.25, 0.3) is 0 Å². The number of hydrogen-bond donors (Lipinski definition) is 2. The van der Waals surface area contributed by atoms with E-state index in [-0.39, 0.29) is 0 Å². The first-order chi connectivity index (χ1) is 12.5. The largest absolute Gasteiger partial charge is 0.465 e. The van der Waals surface area contributed by atoms with E-state index in [0.717, 1.165) is 5.56 Å². The highest BCUT2D eigenvalue weighted by Crippen LogP contribution is 2.25. The summed E-state index contributed by atoms with van der Waals surface area (Å²) in [4.78, 5) is 27.9. The smallest absolute Gasteiger partial charge is 0.337 e. The normalized spacial score (nSPS) is 10.2. The van der Waals surface area contributed by atoms with Crippen molar-refractivity contribution in [2.45, 2.75) is 0 Å². The van der Waals surface area contributed by atoms with Crippen LogP contribution in [0, 0.1) is 0 Å². The molecule has 0 unspecified atom stereocenters. The molecule has 6 nitrogen and oxygen atoms in total. The number of carbonyl (C=O) groups is 2. The predicted octanol–water partition coefficient (Wildman–Crippen LogP) is 4.89. The van der Waals surface area contributed by atoms with Gasteiger partial charge in [-0.2, -0.15) is 0 Å². The van der Waals surface area contributed by atoms with E-state index in [1.54, 1.807) is 48.5 Å². The van der Waals surface area contributed by atoms with Crippen molar-refractivity contribution >= 4 is 45.8 Å². The van der Waals surface area contributed by atoms with Crippen LogP contribution in [0.1, 0.15) is 10.4 Å². The van der Waals surface area contributed by atoms with Crippen LogP contribution in [0.5, 0.6) is 0 Å². The van der Waals surface area contributed by atoms with E-state index >= 15 is 0 Å². The molecule has 132 valence electrons. The molecule has 26 heavy (non-hydrogen) atoms. The van der Waals surface area contributed by atoms with Gasteiger partial charge in [0.1, 0.15) is 0 Å². The third-order valence-electron chi connectivity index (χ3n) is 3.43. The van der Waals surface area contributed by atoms with Crippen LogP contribution in [0.2, 0.25) is 5.02 Å². The molecular formula is C18H14ClN3O3S. The van der Waals surface area contributed by atoms with Gasteiger partial charge < -0.3 is 10.1 Å². The summed E-state index contributed by atoms with van der Waals surface area (Å²) < 4.78 is 4.67. The Bertz CT molecular complexity index is 924. The van der Waals surface area contributed by atoms with E-state index in [9.17, 15) is 9.59 Å². The maximum absolute atomic E-state index is 12.0. The van der Waals surface area contributed by atoms with E-state index in [1.165, 1.54) is 18.4 Å². The molecule has 2 aromatic carbocycles. The lowest BCUT2D eigenvalue weighted by Crippen LogP contribution is -2.19. The van der Waals surface area contributed by atoms with Crippen LogP contribution in [0.3, 0.4) is 0 Å². The number of benzene rings is 2. The molecule has 0 saturated carbocycles. The van der Waals surface area contributed by atoms with Crippen molar-refractivity contribution < 1.29 is 14.3 Å². The van der Waals surface area contributed by atoms with Gasteiger partial charge >= 0.3 is 12.0 Å². The predicted molar refractivity (Wildman–Crippen MR) is 103 cm³/mol. The summed E-state index contributed by atoms with van der Waals surface area (Å²) in [6.45, 7) is 0. The van der Waals surface area contributed by atoms with Crippen LogP contribution in [-0.4, -0.2) is 24.1 Å². The van der Waals surface area contributed by atoms with Gasteiger partial charge in [-0.25, -0.2) is 14.6 Å². The van der Waals surface area contributed by atoms with E-state index in [0.29, 0.717) is 27.1 Å². The number of halogens is 1. The Hall–Kier alpha value is -2.90. The number of urea groups is 1. The van der Waals surface area contributed by atoms with Crippen molar-refractivity contribution in [1.29, 1.82) is 0 Å². The highest BCUT2D eigenvalue weighted by Gasteiger charge is 2.10. The number of ether oxygens (including phenoxy) is 1. The average Bonchev–Trinajstić information content (AvgIpc) is 3.11. The Morgan fingerprint density at radius 2 is 1.73 bits per heavy atom. The third kappa shape index (κ3) is 4.38. The van der Waals surface area contributed by atoms with Gasteiger partial charge in [-0.3, -0.25) is 5.32 Å². The summed E-state index contributed by atoms with van der Waals surface area (Å²) >= 11 is 7.12. The SMILES string of the molecule is COC(=O)c1ccc(-c2csc(NC(=O)Nc3ccc(Cl)cc3)n2)cc1. The first-order valence-corrected chi connectivity index (χ1v) is 8.79. The lowest BCUT2D eigenvalue weighted by molar-refractivity contribution is 0.0600. The van der Waals surface area contributed by atoms with Gasteiger partial charge in [-0.1, -0.05) is 23.7 Å². The van der Waals surface area contributed by atoms with Crippen molar-refractivity contribution in [3.05, 3.63) is 64.5 Å². The third-order valence-corrected chi connectivity index (χ3v) is 4.44. The first kappa shape index (κ1) is 17.9. The fourth-order valence-corrected chi connectivity index (χ4v) is 2.99. The molecule has 1 heterocycles. The lowest BCUT2D eigenvalue weighted by Gasteiger charge is -2.05. The number of rotatable bonds is 4. The van der Waals surface area contributed by atoms with Crippen LogP contribution in [-0.2, 0) is 4.74 Å². The van der Waals surface area contributed by atoms with Crippen molar-refractivity contribution in [2.24, 2.45) is 0 Å². The van der Waals surface area contributed by atoms with Crippen molar-refractivity contribution in [3.8, 4) is 11.3 Å². The standard InChI is InChI=1S/C18H14ClN3O3S/c1-25-16(23)12-4-2-11(3-5-12)15-10-26-18(21-15)22-17(24)20-14-8-6-13(19)7-9-14/h2-10H,1H3,(H2,20,21,22,24). The van der Waals surface area contributed by atoms with Crippen molar-refractivity contribution in [3.63, 3.8) is 0 Å². The highest BCUT2D eigenvalue weighted by atomic mass is 35.5. The zero-order valence-electron chi connectivity index (χ0n) is 13.7. The number of carbonyl (C=O) groups excluding carboxylic acids is 2. The second-order valence-corrected chi connectivity index (χ2v) is 6.49. The molecule has 0 saturated heterocycles. The number of nitrogens with zero attached hydrogens (tertiary/aromatic N) is 1. The number of hydrogen-bond acceptors (Lipinski definition) is 5. The van der Waals surface area contributed by atoms with Gasteiger partial charge in [0.05, 0.1) is 18.4 Å². The van der Waals surface area contributed by atoms with Gasteiger partial charge in [-0.15, -0.1) is 11.3 Å². The minimum atomic E-state index is -0.394. The molecule has 2 N–H and O–H groups in total. The molecule has 2 amide bonds. The Morgan fingerprint density at radius 3 is 2.38 bits per heavy atom. The Labute approximate surface area is 158 Å². The summed E-state index contributed by atoms with van der Waals surface area (Å²) in [5.41, 5.74) is 2.63. The summed E-state index contributed by atoms with van der Waals surface area (Å²) in [6.07, 6.45) is 0. The van der Waals surface area contributed by atoms with Gasteiger partial charge in [0, 0.05) is 21.7 Å². The molecule has 3 rings (SSSR count). The van der Waals surface area contributed by atoms with E-state index in [1.807, 2.05) is 5.38 Å². The fraction of sp³-hybridized carbons (Fsp3) is 0.0556. The number of aromatic nitrogens is 1. The maximum atomic E-state index is 12.0. The number of anilines is 2. The number of methoxy groups -OCH3 is 1. The molecule has 0 aliphatic heterocycles. The number of esters is 1. The number of nitrogens with one attached hydrogen (secondary N) is 2. The number of amides is 2. The molecule has 0 aliphatic rings. The molecule has 0 aliphatic carbocycles. The molecule has 3 aromatic rings. The lowest BCUT2D eigenvalue weighted by atomic mass is 10.1. The summed E-state index contributed by atoms with van der Waals surface area (Å²) in [5.74, 6) is -0.393. The molecule has 1 aromatic heterocycles. The molecular weight excluding hydrogens is 374 g/mol. The highest BCUT2D eigenvalue weighted by molar-refractivity contribution is 7.14. The van der Waals surface area contributed by atoms with Crippen LogP contribution in [0.4, 0.5) is 15.6 Å². The number of thiazole rings is 1. The van der Waals surface area contributed by atoms with Crippen LogP contribution in [0.15, 0.2) is 53.9 Å². The average molecular weight is 388 g/mol. The summed E-state index contributed by atoms with van der Waals surface area (Å²) in [7, 11) is 1.34. The Kier molecular flexibility index (Phi) is 5.50. The maximum Gasteiger partial charge on any atom is 0.337 e. The first-order valence-electron chi connectivity index (χ1n) is 7.53. The van der Waals surface area contributed by atoms with E-state index < -0.39 is 12.0 Å². The van der Waals surface area contributed by atoms with E-state index in [2.05, 4.69) is 20.4 Å². The topological polar surface area (TPSA) is 80.3 Å². The summed E-state index contributed by atoms with van der Waals surface area (Å²) in [5, 5.41) is 8.27. The molecule has 8 heteroatoms. The zero-order valence-corrected chi connectivity index (χ0v) is 15.2. The molecule has 0 radical (unpaired) electrons. The minimum Gasteiger partial charge on any atom is -0.465 e. The van der Waals surface area contributed by atoms with Gasteiger partial charge in [-0.05, 0) is 36.4 Å². The zero-order chi connectivity index (χ0) is 18.5. The van der Waals surface area contributed by atoms with Gasteiger partial charge in [0.2, 0.25) is 0 Å². The second-order valence-electron chi connectivity index (χ2n) is 5.19. The van der Waals surface area contributed by atoms with Crippen LogP contribution < -0.4 is 10.6 Å². The monoisotopic (exact) mass is 387 g/mol. The van der Waals surface area contributed by atoms with E-state index in [4.69, 9.17) is 11.6 Å². The second kappa shape index (κ2) is 7.99. The fourth-order valence-electron chi connectivity index (χ4n) is 2.15. The van der Waals surface area contributed by atoms with Crippen LogP contribution >= 0.6 is 22.9 Å². The molecule has 0 atom stereocenters. The molecule has 0 fully saturated rings. The van der Waals surface area contributed by atoms with Crippen molar-refractivity contribution in [2.75, 3.05) is 17.7 Å². The molecule has 0 bridgehead atoms. The Morgan fingerprint density at radius 1 is 1.04 bits per heavy atom. The summed E-state index contributed by atoms with van der Waals surface area (Å²) in [6, 6.07) is 13.3. The van der Waals surface area contributed by atoms with Gasteiger partial charge in [0.15, 0.2) is 5.13 Å². The van der Waals surface area contributed by atoms with Crippen LogP contribution in [0.25, 0.3) is 11.3 Å². The minimum absolute atomic E-state index is 0.393. The molecule has 0 spiro atoms. The Balaban J connectivity index is 1.64. The quantitative estimate of drug-likeness (QED) is 0.624. The van der Waals surface area contributed by atoms with Crippen molar-refractivity contribution in [1.82, 2.24) is 4.98 Å².